The van der Waals surface area contributed by atoms with Gasteiger partial charge in [0, 0.05) is 12.6 Å². The monoisotopic (exact) mass is 276 g/mol. The molecule has 7 heteroatoms. The summed E-state index contributed by atoms with van der Waals surface area (Å²) in [5, 5.41) is 22.0. The first-order chi connectivity index (χ1) is 9.63. The molecule has 7 nitrogen and oxygen atoms in total. The van der Waals surface area contributed by atoms with Crippen molar-refractivity contribution < 1.29 is 19.2 Å². The number of nitro groups is 1. The lowest BCUT2D eigenvalue weighted by molar-refractivity contribution is -0.384. The number of para-hydroxylation sites is 1. The molecule has 0 unspecified atom stereocenters. The topological polar surface area (TPSA) is 106 Å². The van der Waals surface area contributed by atoms with Gasteiger partial charge in [-0.1, -0.05) is 12.1 Å². The van der Waals surface area contributed by atoms with Crippen molar-refractivity contribution in [2.24, 2.45) is 0 Å². The van der Waals surface area contributed by atoms with Crippen LogP contribution in [-0.4, -0.2) is 29.1 Å². The predicted molar refractivity (Wildman–Crippen MR) is 70.2 cm³/mol. The number of nitrogens with zero attached hydrogens (tertiary/aromatic N) is 1. The van der Waals surface area contributed by atoms with Crippen LogP contribution in [0.4, 0.5) is 5.69 Å². The standard InChI is InChI=1S/C13H12N2O5/c16-8-7-14-13(17)12-6-5-11(20-12)9-3-1-2-4-10(9)15(18)19/h1-6,16H,7-8H2,(H,14,17). The minimum absolute atomic E-state index is 0.0339. The van der Waals surface area contributed by atoms with Gasteiger partial charge in [0.25, 0.3) is 11.6 Å². The third-order valence-corrected chi connectivity index (χ3v) is 2.59. The van der Waals surface area contributed by atoms with Crippen molar-refractivity contribution in [2.75, 3.05) is 13.2 Å². The summed E-state index contributed by atoms with van der Waals surface area (Å²) in [5.41, 5.74) is 0.211. The molecule has 0 spiro atoms. The van der Waals surface area contributed by atoms with Crippen LogP contribution >= 0.6 is 0 Å². The van der Waals surface area contributed by atoms with Crippen LogP contribution in [-0.2, 0) is 0 Å². The molecule has 1 aromatic heterocycles. The highest BCUT2D eigenvalue weighted by molar-refractivity contribution is 5.92. The Morgan fingerprint density at radius 1 is 1.30 bits per heavy atom. The highest BCUT2D eigenvalue weighted by Gasteiger charge is 2.18. The van der Waals surface area contributed by atoms with E-state index >= 15 is 0 Å². The average molecular weight is 276 g/mol. The normalized spacial score (nSPS) is 10.2. The summed E-state index contributed by atoms with van der Waals surface area (Å²) in [6.45, 7) is -0.0657. The lowest BCUT2D eigenvalue weighted by Crippen LogP contribution is -2.25. The molecular formula is C13H12N2O5. The summed E-state index contributed by atoms with van der Waals surface area (Å²) >= 11 is 0. The van der Waals surface area contributed by atoms with E-state index in [2.05, 4.69) is 5.32 Å². The fourth-order valence-electron chi connectivity index (χ4n) is 1.70. The first-order valence-electron chi connectivity index (χ1n) is 5.86. The van der Waals surface area contributed by atoms with Gasteiger partial charge in [0.1, 0.15) is 5.76 Å². The molecule has 2 N–H and O–H groups in total. The minimum atomic E-state index is -0.511. The van der Waals surface area contributed by atoms with Crippen LogP contribution < -0.4 is 5.32 Å². The Balaban J connectivity index is 2.29. The van der Waals surface area contributed by atoms with Crippen LogP contribution in [0.3, 0.4) is 0 Å². The van der Waals surface area contributed by atoms with Crippen molar-refractivity contribution >= 4 is 11.6 Å². The van der Waals surface area contributed by atoms with E-state index in [9.17, 15) is 14.9 Å². The molecule has 1 aromatic carbocycles. The third-order valence-electron chi connectivity index (χ3n) is 2.59. The summed E-state index contributed by atoms with van der Waals surface area (Å²) < 4.78 is 5.32. The van der Waals surface area contributed by atoms with Crippen molar-refractivity contribution in [3.63, 3.8) is 0 Å². The van der Waals surface area contributed by atoms with Crippen molar-refractivity contribution in [3.8, 4) is 11.3 Å². The smallest absolute Gasteiger partial charge is 0.287 e. The van der Waals surface area contributed by atoms with Crippen LogP contribution in [0.2, 0.25) is 0 Å². The lowest BCUT2D eigenvalue weighted by Gasteiger charge is -2.00. The molecule has 0 aliphatic rings. The summed E-state index contributed by atoms with van der Waals surface area (Å²) in [4.78, 5) is 22.0. The molecule has 0 saturated carbocycles. The third kappa shape index (κ3) is 2.83. The van der Waals surface area contributed by atoms with Gasteiger partial charge in [0.15, 0.2) is 5.76 Å². The maximum Gasteiger partial charge on any atom is 0.287 e. The van der Waals surface area contributed by atoms with Crippen molar-refractivity contribution in [2.45, 2.75) is 0 Å². The number of hydrogen-bond donors (Lipinski definition) is 2. The number of furan rings is 1. The van der Waals surface area contributed by atoms with E-state index in [-0.39, 0.29) is 30.4 Å². The Bertz CT molecular complexity index is 635. The summed E-state index contributed by atoms with van der Waals surface area (Å²) in [6.07, 6.45) is 0. The number of aliphatic hydroxyl groups excluding tert-OH is 1. The molecular weight excluding hydrogens is 264 g/mol. The maximum atomic E-state index is 11.6. The second-order valence-corrected chi connectivity index (χ2v) is 3.92. The fourth-order valence-corrected chi connectivity index (χ4v) is 1.70. The Labute approximate surface area is 114 Å². The number of hydrogen-bond acceptors (Lipinski definition) is 5. The Morgan fingerprint density at radius 2 is 2.05 bits per heavy atom. The molecule has 0 bridgehead atoms. The molecule has 0 aliphatic carbocycles. The second-order valence-electron chi connectivity index (χ2n) is 3.92. The number of rotatable bonds is 5. The molecule has 0 radical (unpaired) electrons. The number of benzene rings is 1. The molecule has 0 saturated heterocycles. The molecule has 2 rings (SSSR count). The number of nitrogens with one attached hydrogen (secondary N) is 1. The van der Waals surface area contributed by atoms with E-state index in [0.29, 0.717) is 5.56 Å². The molecule has 104 valence electrons. The number of amides is 1. The van der Waals surface area contributed by atoms with E-state index in [0.717, 1.165) is 0 Å². The zero-order chi connectivity index (χ0) is 14.5. The van der Waals surface area contributed by atoms with E-state index in [1.807, 2.05) is 0 Å². The van der Waals surface area contributed by atoms with E-state index in [1.54, 1.807) is 18.2 Å². The number of carbonyl (C=O) groups is 1. The SMILES string of the molecule is O=C(NCCO)c1ccc(-c2ccccc2[N+](=O)[O-])o1. The molecule has 0 aliphatic heterocycles. The van der Waals surface area contributed by atoms with E-state index in [1.165, 1.54) is 18.2 Å². The summed E-state index contributed by atoms with van der Waals surface area (Å²) in [7, 11) is 0. The first kappa shape index (κ1) is 13.8. The molecule has 2 aromatic rings. The lowest BCUT2D eigenvalue weighted by atomic mass is 10.1. The Morgan fingerprint density at radius 3 is 2.75 bits per heavy atom. The maximum absolute atomic E-state index is 11.6. The van der Waals surface area contributed by atoms with Gasteiger partial charge >= 0.3 is 0 Å². The van der Waals surface area contributed by atoms with Crippen molar-refractivity contribution in [1.29, 1.82) is 0 Å². The fraction of sp³-hybridized carbons (Fsp3) is 0.154. The van der Waals surface area contributed by atoms with E-state index < -0.39 is 10.8 Å². The first-order valence-corrected chi connectivity index (χ1v) is 5.86. The molecule has 0 fully saturated rings. The van der Waals surface area contributed by atoms with Gasteiger partial charge in [0.2, 0.25) is 0 Å². The molecule has 0 atom stereocenters. The summed E-state index contributed by atoms with van der Waals surface area (Å²) in [6, 6.07) is 9.04. The van der Waals surface area contributed by atoms with Gasteiger partial charge in [-0.2, -0.15) is 0 Å². The van der Waals surface area contributed by atoms with Gasteiger partial charge in [-0.15, -0.1) is 0 Å². The number of nitro benzene ring substituents is 1. The van der Waals surface area contributed by atoms with Gasteiger partial charge in [0.05, 0.1) is 17.1 Å². The second kappa shape index (κ2) is 5.98. The molecule has 20 heavy (non-hydrogen) atoms. The predicted octanol–water partition coefficient (Wildman–Crippen LogP) is 1.58. The van der Waals surface area contributed by atoms with Gasteiger partial charge in [-0.05, 0) is 18.2 Å². The average Bonchev–Trinajstić information content (AvgIpc) is 2.94. The molecule has 1 heterocycles. The zero-order valence-electron chi connectivity index (χ0n) is 10.4. The minimum Gasteiger partial charge on any atom is -0.451 e. The van der Waals surface area contributed by atoms with Crippen molar-refractivity contribution in [1.82, 2.24) is 5.32 Å². The van der Waals surface area contributed by atoms with E-state index in [4.69, 9.17) is 9.52 Å². The number of carbonyl (C=O) groups excluding carboxylic acids is 1. The highest BCUT2D eigenvalue weighted by Crippen LogP contribution is 2.30. The Hall–Kier alpha value is -2.67. The van der Waals surface area contributed by atoms with Gasteiger partial charge in [-0.25, -0.2) is 0 Å². The Kier molecular flexibility index (Phi) is 4.11. The van der Waals surface area contributed by atoms with Crippen LogP contribution in [0, 0.1) is 10.1 Å². The number of aliphatic hydroxyl groups is 1. The van der Waals surface area contributed by atoms with Crippen LogP contribution in [0.5, 0.6) is 0 Å². The summed E-state index contributed by atoms with van der Waals surface area (Å²) in [5.74, 6) is -0.207. The van der Waals surface area contributed by atoms with Crippen LogP contribution in [0.25, 0.3) is 11.3 Å². The largest absolute Gasteiger partial charge is 0.451 e. The zero-order valence-corrected chi connectivity index (χ0v) is 10.4. The van der Waals surface area contributed by atoms with Gasteiger partial charge < -0.3 is 14.8 Å². The quantitative estimate of drug-likeness (QED) is 0.637. The van der Waals surface area contributed by atoms with Crippen LogP contribution in [0.15, 0.2) is 40.8 Å². The van der Waals surface area contributed by atoms with Crippen LogP contribution in [0.1, 0.15) is 10.6 Å². The molecule has 1 amide bonds. The highest BCUT2D eigenvalue weighted by atomic mass is 16.6. The van der Waals surface area contributed by atoms with Crippen molar-refractivity contribution in [3.05, 3.63) is 52.3 Å². The van der Waals surface area contributed by atoms with Gasteiger partial charge in [-0.3, -0.25) is 14.9 Å².